The van der Waals surface area contributed by atoms with Crippen molar-refractivity contribution in [3.05, 3.63) is 40.0 Å². The van der Waals surface area contributed by atoms with Crippen LogP contribution in [0.15, 0.2) is 23.6 Å². The molecule has 0 saturated carbocycles. The van der Waals surface area contributed by atoms with Crippen molar-refractivity contribution >= 4 is 34.4 Å². The minimum absolute atomic E-state index is 0.315. The Labute approximate surface area is 115 Å². The number of rotatable bonds is 4. The molecule has 0 atom stereocenters. The fraction of sp³-hybridized carbons (Fsp3) is 0.250. The maximum atomic E-state index is 5.58. The molecule has 2 rings (SSSR count). The van der Waals surface area contributed by atoms with Crippen LogP contribution in [0.5, 0.6) is 0 Å². The fourth-order valence-electron chi connectivity index (χ4n) is 1.58. The third-order valence-corrected chi connectivity index (χ3v) is 3.48. The normalized spacial score (nSPS) is 10.3. The summed E-state index contributed by atoms with van der Waals surface area (Å²) >= 11 is 6.58. The molecule has 4 nitrogen and oxygen atoms in total. The average molecular weight is 278 g/mol. The molecular weight excluding hydrogens is 264 g/mol. The second kappa shape index (κ2) is 5.41. The van der Waals surface area contributed by atoms with Gasteiger partial charge in [-0.15, -0.1) is 11.3 Å². The molecule has 2 aromatic heterocycles. The van der Waals surface area contributed by atoms with E-state index in [4.69, 9.17) is 18.0 Å². The molecular formula is C12H14N4S2. The van der Waals surface area contributed by atoms with Crippen LogP contribution in [-0.2, 0) is 6.54 Å². The molecule has 0 aliphatic rings. The van der Waals surface area contributed by atoms with E-state index >= 15 is 0 Å². The van der Waals surface area contributed by atoms with Gasteiger partial charge in [-0.25, -0.2) is 9.97 Å². The number of pyridine rings is 1. The van der Waals surface area contributed by atoms with E-state index in [1.165, 1.54) is 0 Å². The molecule has 2 heterocycles. The van der Waals surface area contributed by atoms with Crippen molar-refractivity contribution in [2.45, 2.75) is 13.5 Å². The van der Waals surface area contributed by atoms with Gasteiger partial charge in [-0.05, 0) is 19.1 Å². The third kappa shape index (κ3) is 3.02. The van der Waals surface area contributed by atoms with Crippen molar-refractivity contribution in [1.82, 2.24) is 9.97 Å². The minimum atomic E-state index is 0.315. The van der Waals surface area contributed by atoms with Gasteiger partial charge in [-0.1, -0.05) is 18.3 Å². The number of thiazole rings is 1. The molecule has 94 valence electrons. The molecule has 0 spiro atoms. The molecule has 0 fully saturated rings. The molecule has 18 heavy (non-hydrogen) atoms. The van der Waals surface area contributed by atoms with Crippen LogP contribution in [0.1, 0.15) is 16.4 Å². The van der Waals surface area contributed by atoms with Gasteiger partial charge in [0.1, 0.15) is 10.8 Å². The van der Waals surface area contributed by atoms with Gasteiger partial charge in [0.15, 0.2) is 0 Å². The molecule has 0 aliphatic heterocycles. The molecule has 2 aromatic rings. The summed E-state index contributed by atoms with van der Waals surface area (Å²) in [4.78, 5) is 11.2. The largest absolute Gasteiger partial charge is 0.388 e. The highest BCUT2D eigenvalue weighted by molar-refractivity contribution is 7.80. The lowest BCUT2D eigenvalue weighted by Crippen LogP contribution is -2.20. The first kappa shape index (κ1) is 12.9. The third-order valence-electron chi connectivity index (χ3n) is 2.44. The van der Waals surface area contributed by atoms with Crippen molar-refractivity contribution in [2.24, 2.45) is 5.73 Å². The average Bonchev–Trinajstić information content (AvgIpc) is 2.75. The summed E-state index contributed by atoms with van der Waals surface area (Å²) in [5.41, 5.74) is 7.26. The number of anilines is 1. The second-order valence-corrected chi connectivity index (χ2v) is 5.46. The van der Waals surface area contributed by atoms with Crippen LogP contribution in [0, 0.1) is 6.92 Å². The summed E-state index contributed by atoms with van der Waals surface area (Å²) in [5.74, 6) is 0.839. The first-order valence-electron chi connectivity index (χ1n) is 5.45. The molecule has 0 bridgehead atoms. The predicted molar refractivity (Wildman–Crippen MR) is 79.1 cm³/mol. The van der Waals surface area contributed by atoms with E-state index in [2.05, 4.69) is 15.3 Å². The zero-order valence-corrected chi connectivity index (χ0v) is 11.9. The highest BCUT2D eigenvalue weighted by Crippen LogP contribution is 2.15. The van der Waals surface area contributed by atoms with E-state index in [1.54, 1.807) is 11.3 Å². The number of hydrogen-bond acceptors (Lipinski definition) is 5. The Bertz CT molecular complexity index is 565. The van der Waals surface area contributed by atoms with Gasteiger partial charge in [0.2, 0.25) is 0 Å². The number of aryl methyl sites for hydroxylation is 1. The Balaban J connectivity index is 2.15. The van der Waals surface area contributed by atoms with Crippen LogP contribution in [0.25, 0.3) is 0 Å². The minimum Gasteiger partial charge on any atom is -0.388 e. The smallest absolute Gasteiger partial charge is 0.129 e. The van der Waals surface area contributed by atoms with Gasteiger partial charge >= 0.3 is 0 Å². The molecule has 6 heteroatoms. The standard InChI is InChI=1S/C12H14N4S2/c1-8-14-9(7-18-8)6-16(2)11-5-3-4-10(15-11)12(13)17/h3-5,7H,6H2,1-2H3,(H2,13,17). The monoisotopic (exact) mass is 278 g/mol. The number of hydrogen-bond donors (Lipinski definition) is 1. The van der Waals surface area contributed by atoms with E-state index in [1.807, 2.05) is 37.1 Å². The SMILES string of the molecule is Cc1nc(CN(C)c2cccc(C(N)=S)n2)cs1. The Morgan fingerprint density at radius 1 is 1.44 bits per heavy atom. The lowest BCUT2D eigenvalue weighted by molar-refractivity contribution is 0.869. The zero-order chi connectivity index (χ0) is 13.1. The molecule has 0 amide bonds. The quantitative estimate of drug-likeness (QED) is 0.868. The van der Waals surface area contributed by atoms with Crippen molar-refractivity contribution in [3.8, 4) is 0 Å². The second-order valence-electron chi connectivity index (χ2n) is 3.96. The van der Waals surface area contributed by atoms with Gasteiger partial charge in [-0.2, -0.15) is 0 Å². The lowest BCUT2D eigenvalue weighted by atomic mass is 10.3. The lowest BCUT2D eigenvalue weighted by Gasteiger charge is -2.17. The molecule has 0 radical (unpaired) electrons. The first-order chi connectivity index (χ1) is 8.56. The van der Waals surface area contributed by atoms with Gasteiger partial charge in [-0.3, -0.25) is 0 Å². The maximum Gasteiger partial charge on any atom is 0.129 e. The van der Waals surface area contributed by atoms with Crippen LogP contribution in [-0.4, -0.2) is 22.0 Å². The fourth-order valence-corrected chi connectivity index (χ4v) is 2.30. The van der Waals surface area contributed by atoms with Crippen LogP contribution in [0.2, 0.25) is 0 Å². The van der Waals surface area contributed by atoms with Crippen molar-refractivity contribution < 1.29 is 0 Å². The topological polar surface area (TPSA) is 55.0 Å². The van der Waals surface area contributed by atoms with Crippen LogP contribution in [0.4, 0.5) is 5.82 Å². The van der Waals surface area contributed by atoms with Gasteiger partial charge in [0.05, 0.1) is 22.9 Å². The van der Waals surface area contributed by atoms with E-state index in [-0.39, 0.29) is 0 Å². The number of aromatic nitrogens is 2. The Morgan fingerprint density at radius 3 is 2.83 bits per heavy atom. The first-order valence-corrected chi connectivity index (χ1v) is 6.74. The number of thiocarbonyl (C=S) groups is 1. The van der Waals surface area contributed by atoms with Crippen molar-refractivity contribution in [1.29, 1.82) is 0 Å². The van der Waals surface area contributed by atoms with Gasteiger partial charge < -0.3 is 10.6 Å². The molecule has 0 aromatic carbocycles. The van der Waals surface area contributed by atoms with E-state index in [0.29, 0.717) is 10.7 Å². The van der Waals surface area contributed by atoms with Crippen LogP contribution < -0.4 is 10.6 Å². The molecule has 0 unspecified atom stereocenters. The van der Waals surface area contributed by atoms with Crippen LogP contribution in [0.3, 0.4) is 0 Å². The van der Waals surface area contributed by atoms with E-state index < -0.39 is 0 Å². The summed E-state index contributed by atoms with van der Waals surface area (Å²) in [6.07, 6.45) is 0. The Kier molecular flexibility index (Phi) is 3.88. The summed E-state index contributed by atoms with van der Waals surface area (Å²) in [6.45, 7) is 2.72. The number of nitrogens with two attached hydrogens (primary N) is 1. The van der Waals surface area contributed by atoms with Gasteiger partial charge in [0.25, 0.3) is 0 Å². The summed E-state index contributed by atoms with van der Waals surface area (Å²) in [7, 11) is 1.97. The maximum absolute atomic E-state index is 5.58. The zero-order valence-electron chi connectivity index (χ0n) is 10.3. The Morgan fingerprint density at radius 2 is 2.22 bits per heavy atom. The molecule has 0 saturated heterocycles. The van der Waals surface area contributed by atoms with Crippen molar-refractivity contribution in [3.63, 3.8) is 0 Å². The predicted octanol–water partition coefficient (Wildman–Crippen LogP) is 2.12. The van der Waals surface area contributed by atoms with E-state index in [0.717, 1.165) is 23.1 Å². The summed E-state index contributed by atoms with van der Waals surface area (Å²) < 4.78 is 0. The van der Waals surface area contributed by atoms with Crippen LogP contribution >= 0.6 is 23.6 Å². The highest BCUT2D eigenvalue weighted by atomic mass is 32.1. The summed E-state index contributed by atoms with van der Waals surface area (Å²) in [6, 6.07) is 5.65. The Hall–Kier alpha value is -1.53. The van der Waals surface area contributed by atoms with Crippen molar-refractivity contribution in [2.75, 3.05) is 11.9 Å². The number of nitrogens with zero attached hydrogens (tertiary/aromatic N) is 3. The summed E-state index contributed by atoms with van der Waals surface area (Å²) in [5, 5.41) is 3.13. The highest BCUT2D eigenvalue weighted by Gasteiger charge is 2.07. The van der Waals surface area contributed by atoms with Gasteiger partial charge in [0, 0.05) is 12.4 Å². The molecule has 0 aliphatic carbocycles. The molecule has 2 N–H and O–H groups in total. The van der Waals surface area contributed by atoms with E-state index in [9.17, 15) is 0 Å².